The fraction of sp³-hybridized carbons (Fsp3) is 0.941. The molecule has 0 saturated heterocycles. The van der Waals surface area contributed by atoms with Crippen molar-refractivity contribution in [2.45, 2.75) is 103 Å². The summed E-state index contributed by atoms with van der Waals surface area (Å²) in [6.07, 6.45) is 15.0. The second kappa shape index (κ2) is 13.2. The molecule has 2 rings (SSSR count). The Balaban J connectivity index is 0. The average Bonchev–Trinajstić information content (AvgIpc) is 2.93. The van der Waals surface area contributed by atoms with Gasteiger partial charge in [0.25, 0.3) is 0 Å². The quantitative estimate of drug-likeness (QED) is 0.319. The Kier molecular flexibility index (Phi) is 15.9. The van der Waals surface area contributed by atoms with Gasteiger partial charge in [-0.15, -0.1) is 16.1 Å². The molecule has 0 aromatic rings. The van der Waals surface area contributed by atoms with Gasteiger partial charge in [0, 0.05) is 0 Å². The van der Waals surface area contributed by atoms with Gasteiger partial charge >= 0.3 is 40.4 Å². The van der Waals surface area contributed by atoms with Gasteiger partial charge in [-0.25, -0.2) is 0 Å². The molecule has 119 valence electrons. The predicted octanol–water partition coefficient (Wildman–Crippen LogP) is 6.85. The molecule has 2 aliphatic carbocycles. The molecule has 0 aromatic carbocycles. The zero-order chi connectivity index (χ0) is 14.8. The molecule has 0 aliphatic heterocycles. The van der Waals surface area contributed by atoms with Gasteiger partial charge in [-0.2, -0.15) is 0 Å². The summed E-state index contributed by atoms with van der Waals surface area (Å²) in [5.41, 5.74) is 2.65. The Morgan fingerprint density at radius 2 is 0.600 bits per heavy atom. The zero-order valence-electron chi connectivity index (χ0n) is 15.1. The van der Waals surface area contributed by atoms with E-state index in [-0.39, 0.29) is 40.4 Å². The normalized spacial score (nSPS) is 18.3. The van der Waals surface area contributed by atoms with E-state index in [1.807, 2.05) is 0 Å². The molecule has 0 heterocycles. The van der Waals surface area contributed by atoms with Crippen LogP contribution in [0.15, 0.2) is 0 Å². The van der Waals surface area contributed by atoms with Crippen molar-refractivity contribution in [3.63, 3.8) is 0 Å². The van der Waals surface area contributed by atoms with Crippen LogP contribution in [0.3, 0.4) is 0 Å². The minimum Gasteiger partial charge on any atom is -0.327 e. The molecule has 3 heteroatoms. The zero-order valence-corrected chi connectivity index (χ0v) is 19.7. The summed E-state index contributed by atoms with van der Waals surface area (Å²) in [6, 6.07) is 0. The van der Waals surface area contributed by atoms with Crippen LogP contribution in [-0.2, 0) is 0 Å². The van der Waals surface area contributed by atoms with Crippen LogP contribution in [0.1, 0.15) is 64.2 Å². The number of hydrogen-bond acceptors (Lipinski definition) is 0. The molecule has 0 aromatic heterocycles. The van der Waals surface area contributed by atoms with E-state index in [9.17, 15) is 0 Å². The minimum absolute atomic E-state index is 0. The summed E-state index contributed by atoms with van der Waals surface area (Å²) in [7, 11) is -1.71. The van der Waals surface area contributed by atoms with Crippen molar-refractivity contribution >= 4 is 16.1 Å². The Morgan fingerprint density at radius 1 is 0.450 bits per heavy atom. The van der Waals surface area contributed by atoms with Gasteiger partial charge in [-0.1, -0.05) is 103 Å². The van der Waals surface area contributed by atoms with Crippen LogP contribution in [0, 0.1) is 46.1 Å². The molecule has 0 spiro atoms. The SMILES string of the molecule is C1CCCC1.C1CCCC1.C[Si](C)(C)[CH-][Si](C)(C)C.[Sm+3]. The molecule has 0 N–H and O–H groups in total. The Bertz CT molecular complexity index is 159. The molecule has 0 bridgehead atoms. The standard InChI is InChI=1S/C7H19Si2.2C5H10.Sm/c1-8(2,3)7-9(4,5)6;2*1-2-4-5-3-1;/h7H,1-6H3;2*1-5H2;/q-1;;;+3. The predicted molar refractivity (Wildman–Crippen MR) is 97.2 cm³/mol. The van der Waals surface area contributed by atoms with Crippen LogP contribution in [0.4, 0.5) is 0 Å². The van der Waals surface area contributed by atoms with Gasteiger partial charge < -0.3 is 5.67 Å². The van der Waals surface area contributed by atoms with Crippen molar-refractivity contribution in [1.82, 2.24) is 0 Å². The van der Waals surface area contributed by atoms with E-state index in [1.165, 1.54) is 64.2 Å². The smallest absolute Gasteiger partial charge is 0.327 e. The fourth-order valence-electron chi connectivity index (χ4n) is 3.07. The summed E-state index contributed by atoms with van der Waals surface area (Å²) in [5.74, 6) is 0. The molecular formula is C17H39Si2Sm+2. The Labute approximate surface area is 164 Å². The van der Waals surface area contributed by atoms with E-state index >= 15 is 0 Å². The topological polar surface area (TPSA) is 0 Å². The molecule has 0 amide bonds. The Hall–Kier alpha value is 1.77. The summed E-state index contributed by atoms with van der Waals surface area (Å²) in [5, 5.41) is 0. The monoisotopic (exact) mass is 451 g/mol. The molecule has 1 radical (unpaired) electrons. The van der Waals surface area contributed by atoms with E-state index in [2.05, 4.69) is 44.9 Å². The minimum atomic E-state index is -0.856. The fourth-order valence-corrected chi connectivity index (χ4v) is 13.5. The van der Waals surface area contributed by atoms with Crippen molar-refractivity contribution in [1.29, 1.82) is 0 Å². The first-order valence-corrected chi connectivity index (χ1v) is 15.7. The largest absolute Gasteiger partial charge is 3.00 e. The van der Waals surface area contributed by atoms with Gasteiger partial charge in [-0.05, 0) is 0 Å². The molecule has 2 saturated carbocycles. The number of hydrogen-bond donors (Lipinski definition) is 0. The van der Waals surface area contributed by atoms with Crippen molar-refractivity contribution in [2.24, 2.45) is 0 Å². The van der Waals surface area contributed by atoms with Gasteiger partial charge in [0.1, 0.15) is 0 Å². The maximum Gasteiger partial charge on any atom is 3.00 e. The average molecular weight is 450 g/mol. The van der Waals surface area contributed by atoms with Crippen LogP contribution in [0.2, 0.25) is 39.3 Å². The molecule has 2 fully saturated rings. The van der Waals surface area contributed by atoms with Gasteiger partial charge in [0.2, 0.25) is 0 Å². The first kappa shape index (κ1) is 24.0. The Morgan fingerprint density at radius 3 is 0.650 bits per heavy atom. The third-order valence-corrected chi connectivity index (χ3v) is 10.3. The molecule has 2 aliphatic rings. The van der Waals surface area contributed by atoms with E-state index in [4.69, 9.17) is 0 Å². The second-order valence-electron chi connectivity index (χ2n) is 8.41. The third kappa shape index (κ3) is 22.1. The maximum absolute atomic E-state index is 2.65. The first-order chi connectivity index (χ1) is 8.71. The van der Waals surface area contributed by atoms with E-state index in [0.717, 1.165) is 0 Å². The van der Waals surface area contributed by atoms with Crippen molar-refractivity contribution in [3.05, 3.63) is 5.67 Å². The van der Waals surface area contributed by atoms with Crippen molar-refractivity contribution in [3.8, 4) is 0 Å². The number of rotatable bonds is 2. The van der Waals surface area contributed by atoms with Crippen LogP contribution < -0.4 is 0 Å². The van der Waals surface area contributed by atoms with Gasteiger partial charge in [0.05, 0.1) is 0 Å². The van der Waals surface area contributed by atoms with E-state index in [0.29, 0.717) is 0 Å². The summed E-state index contributed by atoms with van der Waals surface area (Å²) in [4.78, 5) is 0. The summed E-state index contributed by atoms with van der Waals surface area (Å²) < 4.78 is 0. The summed E-state index contributed by atoms with van der Waals surface area (Å²) >= 11 is 0. The van der Waals surface area contributed by atoms with Gasteiger partial charge in [-0.3, -0.25) is 0 Å². The molecule has 0 atom stereocenters. The van der Waals surface area contributed by atoms with Crippen molar-refractivity contribution < 1.29 is 40.4 Å². The van der Waals surface area contributed by atoms with Crippen molar-refractivity contribution in [2.75, 3.05) is 0 Å². The van der Waals surface area contributed by atoms with Gasteiger partial charge in [0.15, 0.2) is 0 Å². The third-order valence-electron chi connectivity index (χ3n) is 3.37. The van der Waals surface area contributed by atoms with Crippen LogP contribution in [0.25, 0.3) is 0 Å². The van der Waals surface area contributed by atoms with E-state index < -0.39 is 16.1 Å². The maximum atomic E-state index is 2.65. The molecular weight excluding hydrogens is 411 g/mol. The second-order valence-corrected chi connectivity index (χ2v) is 19.0. The molecule has 0 unspecified atom stereocenters. The van der Waals surface area contributed by atoms with E-state index in [1.54, 1.807) is 0 Å². The summed E-state index contributed by atoms with van der Waals surface area (Å²) in [6.45, 7) is 14.4. The first-order valence-electron chi connectivity index (χ1n) is 8.58. The van der Waals surface area contributed by atoms with Crippen LogP contribution in [0.5, 0.6) is 0 Å². The van der Waals surface area contributed by atoms with Crippen LogP contribution in [-0.4, -0.2) is 16.1 Å². The molecule has 20 heavy (non-hydrogen) atoms. The van der Waals surface area contributed by atoms with Crippen LogP contribution >= 0.6 is 0 Å². The molecule has 0 nitrogen and oxygen atoms in total.